The van der Waals surface area contributed by atoms with Crippen LogP contribution in [0.25, 0.3) is 0 Å². The molecule has 26 heavy (non-hydrogen) atoms. The Kier molecular flexibility index (Phi) is 6.04. The number of amides is 2. The second-order valence-corrected chi connectivity index (χ2v) is 6.28. The van der Waals surface area contributed by atoms with Crippen molar-refractivity contribution in [2.24, 2.45) is 0 Å². The molecule has 1 saturated heterocycles. The van der Waals surface area contributed by atoms with Crippen molar-refractivity contribution in [1.82, 2.24) is 10.3 Å². The molecule has 8 heteroatoms. The van der Waals surface area contributed by atoms with E-state index in [4.69, 9.17) is 16.3 Å². The number of nitrogens with one attached hydrogen (secondary N) is 3. The first kappa shape index (κ1) is 18.2. The molecule has 0 radical (unpaired) electrons. The fourth-order valence-corrected chi connectivity index (χ4v) is 2.74. The summed E-state index contributed by atoms with van der Waals surface area (Å²) in [6, 6.07) is 9.94. The molecule has 1 aromatic carbocycles. The Balaban J connectivity index is 1.65. The normalized spacial score (nSPS) is 14.5. The van der Waals surface area contributed by atoms with Crippen LogP contribution >= 0.6 is 11.6 Å². The van der Waals surface area contributed by atoms with E-state index < -0.39 is 12.0 Å². The van der Waals surface area contributed by atoms with Gasteiger partial charge < -0.3 is 15.4 Å². The molecular formula is C18H19ClN4O3. The summed E-state index contributed by atoms with van der Waals surface area (Å²) in [7, 11) is 0. The third-order valence-corrected chi connectivity index (χ3v) is 4.16. The van der Waals surface area contributed by atoms with E-state index in [-0.39, 0.29) is 6.10 Å². The van der Waals surface area contributed by atoms with Gasteiger partial charge in [0.1, 0.15) is 11.9 Å². The summed E-state index contributed by atoms with van der Waals surface area (Å²) in [5.41, 5.74) is 0.685. The number of halogens is 1. The molecule has 0 unspecified atom stereocenters. The number of nitrogens with zero attached hydrogens (tertiary/aromatic N) is 1. The van der Waals surface area contributed by atoms with Crippen LogP contribution < -0.4 is 16.0 Å². The monoisotopic (exact) mass is 374 g/mol. The number of para-hydroxylation sites is 1. The molecule has 0 atom stereocenters. The third kappa shape index (κ3) is 4.93. The van der Waals surface area contributed by atoms with Gasteiger partial charge in [0.05, 0.1) is 16.3 Å². The molecule has 3 rings (SSSR count). The van der Waals surface area contributed by atoms with Gasteiger partial charge in [-0.2, -0.15) is 0 Å². The van der Waals surface area contributed by atoms with E-state index in [1.165, 1.54) is 6.20 Å². The SMILES string of the molecule is O=C(Nc1ccccc1C(=O)Nc1ccc(Cl)cn1)OC1CCNCC1. The lowest BCUT2D eigenvalue weighted by molar-refractivity contribution is 0.0909. The predicted octanol–water partition coefficient (Wildman–Crippen LogP) is 3.29. The lowest BCUT2D eigenvalue weighted by Gasteiger charge is -2.23. The number of pyridine rings is 1. The van der Waals surface area contributed by atoms with E-state index in [1.54, 1.807) is 36.4 Å². The molecule has 2 amide bonds. The van der Waals surface area contributed by atoms with Gasteiger partial charge in [-0.05, 0) is 50.2 Å². The van der Waals surface area contributed by atoms with Crippen LogP contribution in [0.2, 0.25) is 5.02 Å². The Morgan fingerprint density at radius 1 is 1.12 bits per heavy atom. The first-order valence-corrected chi connectivity index (χ1v) is 8.70. The highest BCUT2D eigenvalue weighted by Crippen LogP contribution is 2.18. The molecule has 2 heterocycles. The molecule has 7 nitrogen and oxygen atoms in total. The molecule has 1 aliphatic rings. The van der Waals surface area contributed by atoms with Gasteiger partial charge in [-0.3, -0.25) is 10.1 Å². The first-order chi connectivity index (χ1) is 12.6. The van der Waals surface area contributed by atoms with Crippen LogP contribution in [0.15, 0.2) is 42.6 Å². The summed E-state index contributed by atoms with van der Waals surface area (Å²) in [5.74, 6) is -0.0240. The van der Waals surface area contributed by atoms with Gasteiger partial charge in [0.2, 0.25) is 0 Å². The van der Waals surface area contributed by atoms with Crippen molar-refractivity contribution in [1.29, 1.82) is 0 Å². The van der Waals surface area contributed by atoms with Gasteiger partial charge in [0.25, 0.3) is 5.91 Å². The Labute approximate surface area is 156 Å². The molecule has 136 valence electrons. The number of benzene rings is 1. The number of piperidine rings is 1. The smallest absolute Gasteiger partial charge is 0.411 e. The van der Waals surface area contributed by atoms with E-state index in [2.05, 4.69) is 20.9 Å². The number of rotatable bonds is 4. The minimum atomic E-state index is -0.568. The highest BCUT2D eigenvalue weighted by Gasteiger charge is 2.19. The number of anilines is 2. The Morgan fingerprint density at radius 3 is 2.62 bits per heavy atom. The van der Waals surface area contributed by atoms with Gasteiger partial charge in [0, 0.05) is 6.20 Å². The molecular weight excluding hydrogens is 356 g/mol. The zero-order valence-corrected chi connectivity index (χ0v) is 14.8. The summed E-state index contributed by atoms with van der Waals surface area (Å²) >= 11 is 5.79. The van der Waals surface area contributed by atoms with Crippen LogP contribution in [-0.2, 0) is 4.74 Å². The zero-order valence-electron chi connectivity index (χ0n) is 14.0. The van der Waals surface area contributed by atoms with Crippen molar-refractivity contribution in [3.05, 3.63) is 53.2 Å². The van der Waals surface area contributed by atoms with Crippen molar-refractivity contribution < 1.29 is 14.3 Å². The molecule has 0 aliphatic carbocycles. The fourth-order valence-electron chi connectivity index (χ4n) is 2.63. The van der Waals surface area contributed by atoms with E-state index in [0.29, 0.717) is 22.1 Å². The van der Waals surface area contributed by atoms with Crippen molar-refractivity contribution in [3.63, 3.8) is 0 Å². The Hall–Kier alpha value is -2.64. The topological polar surface area (TPSA) is 92.4 Å². The molecule has 2 aromatic rings. The maximum Gasteiger partial charge on any atom is 0.411 e. The van der Waals surface area contributed by atoms with Gasteiger partial charge in [-0.15, -0.1) is 0 Å². The van der Waals surface area contributed by atoms with Crippen LogP contribution in [-0.4, -0.2) is 36.2 Å². The second kappa shape index (κ2) is 8.64. The number of carbonyl (C=O) groups is 2. The van der Waals surface area contributed by atoms with Crippen LogP contribution in [0.4, 0.5) is 16.3 Å². The molecule has 0 bridgehead atoms. The summed E-state index contributed by atoms with van der Waals surface area (Å²) in [4.78, 5) is 28.7. The lowest BCUT2D eigenvalue weighted by Crippen LogP contribution is -2.34. The standard InChI is InChI=1S/C18H19ClN4O3/c19-12-5-6-16(21-11-12)23-17(24)14-3-1-2-4-15(14)22-18(25)26-13-7-9-20-10-8-13/h1-6,11,13,20H,7-10H2,(H,22,25)(H,21,23,24). The molecule has 0 spiro atoms. The number of hydrogen-bond donors (Lipinski definition) is 3. The van der Waals surface area contributed by atoms with E-state index in [9.17, 15) is 9.59 Å². The molecule has 1 aliphatic heterocycles. The fraction of sp³-hybridized carbons (Fsp3) is 0.278. The van der Waals surface area contributed by atoms with E-state index in [1.807, 2.05) is 0 Å². The summed E-state index contributed by atoms with van der Waals surface area (Å²) in [6.07, 6.45) is 2.31. The minimum absolute atomic E-state index is 0.115. The van der Waals surface area contributed by atoms with Gasteiger partial charge >= 0.3 is 6.09 Å². The number of ether oxygens (including phenoxy) is 1. The number of hydrogen-bond acceptors (Lipinski definition) is 5. The third-order valence-electron chi connectivity index (χ3n) is 3.94. The van der Waals surface area contributed by atoms with Crippen molar-refractivity contribution >= 4 is 35.1 Å². The van der Waals surface area contributed by atoms with Crippen molar-refractivity contribution in [2.75, 3.05) is 23.7 Å². The highest BCUT2D eigenvalue weighted by molar-refractivity contribution is 6.30. The minimum Gasteiger partial charge on any atom is -0.446 e. The van der Waals surface area contributed by atoms with Crippen LogP contribution in [0.5, 0.6) is 0 Å². The maximum atomic E-state index is 12.5. The van der Waals surface area contributed by atoms with E-state index in [0.717, 1.165) is 25.9 Å². The van der Waals surface area contributed by atoms with Crippen LogP contribution in [0.1, 0.15) is 23.2 Å². The highest BCUT2D eigenvalue weighted by atomic mass is 35.5. The molecule has 3 N–H and O–H groups in total. The van der Waals surface area contributed by atoms with Crippen LogP contribution in [0, 0.1) is 0 Å². The first-order valence-electron chi connectivity index (χ1n) is 8.32. The van der Waals surface area contributed by atoms with Gasteiger partial charge in [0.15, 0.2) is 0 Å². The average molecular weight is 375 g/mol. The van der Waals surface area contributed by atoms with Crippen molar-refractivity contribution in [3.8, 4) is 0 Å². The summed E-state index contributed by atoms with van der Waals surface area (Å²) < 4.78 is 5.41. The quantitative estimate of drug-likeness (QED) is 0.763. The molecule has 1 aromatic heterocycles. The largest absolute Gasteiger partial charge is 0.446 e. The lowest BCUT2D eigenvalue weighted by atomic mass is 10.1. The maximum absolute atomic E-state index is 12.5. The number of carbonyl (C=O) groups excluding carboxylic acids is 2. The Morgan fingerprint density at radius 2 is 1.88 bits per heavy atom. The summed E-state index contributed by atoms with van der Waals surface area (Å²) in [5, 5.41) is 9.01. The average Bonchev–Trinajstić information content (AvgIpc) is 2.65. The zero-order chi connectivity index (χ0) is 18.4. The molecule has 1 fully saturated rings. The van der Waals surface area contributed by atoms with E-state index >= 15 is 0 Å². The predicted molar refractivity (Wildman–Crippen MR) is 99.6 cm³/mol. The Bertz CT molecular complexity index is 776. The van der Waals surface area contributed by atoms with Crippen molar-refractivity contribution in [2.45, 2.75) is 18.9 Å². The molecule has 0 saturated carbocycles. The van der Waals surface area contributed by atoms with Crippen LogP contribution in [0.3, 0.4) is 0 Å². The van der Waals surface area contributed by atoms with Gasteiger partial charge in [-0.25, -0.2) is 9.78 Å². The van der Waals surface area contributed by atoms with Gasteiger partial charge in [-0.1, -0.05) is 23.7 Å². The summed E-state index contributed by atoms with van der Waals surface area (Å²) in [6.45, 7) is 1.65. The second-order valence-electron chi connectivity index (χ2n) is 5.84. The number of aromatic nitrogens is 1.